The van der Waals surface area contributed by atoms with E-state index in [0.29, 0.717) is 17.9 Å². The molecule has 0 bridgehead atoms. The van der Waals surface area contributed by atoms with E-state index in [4.69, 9.17) is 24.8 Å². The predicted molar refractivity (Wildman–Crippen MR) is 129 cm³/mol. The van der Waals surface area contributed by atoms with Gasteiger partial charge in [0, 0.05) is 18.0 Å². The first-order chi connectivity index (χ1) is 17.2. The smallest absolute Gasteiger partial charge is 0.416 e. The van der Waals surface area contributed by atoms with Crippen molar-refractivity contribution in [1.29, 1.82) is 0 Å². The zero-order valence-corrected chi connectivity index (χ0v) is 21.5. The Morgan fingerprint density at radius 2 is 1.73 bits per heavy atom. The van der Waals surface area contributed by atoms with Crippen LogP contribution in [0.4, 0.5) is 13.2 Å². The van der Waals surface area contributed by atoms with Crippen molar-refractivity contribution in [3.8, 4) is 5.75 Å². The van der Waals surface area contributed by atoms with E-state index in [9.17, 15) is 31.5 Å². The number of pyridine rings is 1. The summed E-state index contributed by atoms with van der Waals surface area (Å²) in [6, 6.07) is 11.4. The lowest BCUT2D eigenvalue weighted by Crippen LogP contribution is -2.23. The van der Waals surface area contributed by atoms with Crippen molar-refractivity contribution in [3.63, 3.8) is 0 Å². The monoisotopic (exact) mass is 577 g/mol. The number of aromatic nitrogens is 1. The molecule has 37 heavy (non-hydrogen) atoms. The van der Waals surface area contributed by atoms with Crippen LogP contribution in [-0.2, 0) is 34.2 Å². The van der Waals surface area contributed by atoms with E-state index >= 15 is 0 Å². The fraction of sp³-hybridized carbons (Fsp3) is 0.217. The lowest BCUT2D eigenvalue weighted by Gasteiger charge is -2.25. The predicted octanol–water partition coefficient (Wildman–Crippen LogP) is 4.80. The molecular weight excluding hydrogens is 559 g/mol. The molecule has 1 heterocycles. The van der Waals surface area contributed by atoms with Gasteiger partial charge in [-0.25, -0.2) is 13.2 Å². The summed E-state index contributed by atoms with van der Waals surface area (Å²) in [6.45, 7) is 1.18. The second-order valence-corrected chi connectivity index (χ2v) is 10.3. The zero-order valence-electron chi connectivity index (χ0n) is 19.2. The Morgan fingerprint density at radius 3 is 2.24 bits per heavy atom. The first-order valence-corrected chi connectivity index (χ1v) is 13.1. The zero-order chi connectivity index (χ0) is 28.0. The summed E-state index contributed by atoms with van der Waals surface area (Å²) in [6.07, 6.45) is -3.16. The van der Waals surface area contributed by atoms with Gasteiger partial charge in [-0.05, 0) is 36.2 Å². The van der Waals surface area contributed by atoms with E-state index < -0.39 is 66.9 Å². The second kappa shape index (κ2) is 12.3. The lowest BCUT2D eigenvalue weighted by atomic mass is 9.96. The van der Waals surface area contributed by atoms with E-state index in [1.54, 1.807) is 30.3 Å². The number of carboxylic acid groups (broad SMARTS) is 1. The minimum Gasteiger partial charge on any atom is -0.487 e. The van der Waals surface area contributed by atoms with Crippen LogP contribution in [0.3, 0.4) is 0 Å². The Kier molecular flexibility index (Phi) is 9.95. The van der Waals surface area contributed by atoms with Gasteiger partial charge in [0.05, 0.1) is 21.8 Å². The van der Waals surface area contributed by atoms with Gasteiger partial charge in [-0.3, -0.25) is 4.98 Å². The summed E-state index contributed by atoms with van der Waals surface area (Å²) in [5, 5.41) is 7.32. The molecule has 0 aliphatic carbocycles. The highest BCUT2D eigenvalue weighted by Gasteiger charge is 2.43. The summed E-state index contributed by atoms with van der Waals surface area (Å²) < 4.78 is 90.4. The SMILES string of the molecule is Cc1ccnc(C(c2c(C(F)(F)F)ccc(Cl)c2OCc2ccccc2)S(C)(=O)=O)c1C(=O)O.O=S=O. The second-order valence-electron chi connectivity index (χ2n) is 7.58. The average Bonchev–Trinajstić information content (AvgIpc) is 2.78. The molecular formula is C23H19ClF3NO7S2. The molecule has 0 aliphatic heterocycles. The molecule has 2 aromatic carbocycles. The molecule has 0 saturated heterocycles. The molecule has 198 valence electrons. The molecule has 1 atom stereocenters. The molecule has 1 aromatic heterocycles. The Hall–Kier alpha value is -3.29. The van der Waals surface area contributed by atoms with E-state index in [2.05, 4.69) is 4.98 Å². The number of nitrogens with zero attached hydrogens (tertiary/aromatic N) is 1. The fourth-order valence-electron chi connectivity index (χ4n) is 3.57. The number of sulfone groups is 1. The van der Waals surface area contributed by atoms with Crippen molar-refractivity contribution in [2.45, 2.75) is 25.0 Å². The Balaban J connectivity index is 0.00000153. The highest BCUT2D eigenvalue weighted by atomic mass is 35.5. The van der Waals surface area contributed by atoms with Crippen molar-refractivity contribution in [2.24, 2.45) is 0 Å². The number of hydrogen-bond acceptors (Lipinski definition) is 7. The number of rotatable bonds is 7. The van der Waals surface area contributed by atoms with E-state index in [-0.39, 0.29) is 17.2 Å². The number of aryl methyl sites for hydroxylation is 1. The first-order valence-electron chi connectivity index (χ1n) is 10.1. The molecule has 1 unspecified atom stereocenters. The topological polar surface area (TPSA) is 128 Å². The highest BCUT2D eigenvalue weighted by molar-refractivity contribution is 7.91. The van der Waals surface area contributed by atoms with Gasteiger partial charge in [-0.2, -0.15) is 21.6 Å². The molecule has 8 nitrogen and oxygen atoms in total. The minimum absolute atomic E-state index is 0.133. The molecule has 14 heteroatoms. The van der Waals surface area contributed by atoms with Gasteiger partial charge in [-0.15, -0.1) is 0 Å². The number of benzene rings is 2. The third kappa shape index (κ3) is 7.37. The summed E-state index contributed by atoms with van der Waals surface area (Å²) in [7, 11) is -4.41. The number of ether oxygens (including phenoxy) is 1. The van der Waals surface area contributed by atoms with Crippen molar-refractivity contribution in [3.05, 3.63) is 93.3 Å². The van der Waals surface area contributed by atoms with Crippen LogP contribution in [-0.4, -0.2) is 39.2 Å². The molecule has 0 aliphatic rings. The number of aromatic carboxylic acids is 1. The van der Waals surface area contributed by atoms with Crippen LogP contribution in [0.15, 0.2) is 54.7 Å². The largest absolute Gasteiger partial charge is 0.487 e. The van der Waals surface area contributed by atoms with E-state index in [1.165, 1.54) is 13.0 Å². The van der Waals surface area contributed by atoms with E-state index in [0.717, 1.165) is 12.3 Å². The van der Waals surface area contributed by atoms with Crippen molar-refractivity contribution >= 4 is 39.0 Å². The fourth-order valence-corrected chi connectivity index (χ4v) is 5.03. The molecule has 3 aromatic rings. The van der Waals surface area contributed by atoms with Gasteiger partial charge in [-0.1, -0.05) is 41.9 Å². The molecule has 0 saturated carbocycles. The maximum Gasteiger partial charge on any atom is 0.416 e. The summed E-state index contributed by atoms with van der Waals surface area (Å²) in [4.78, 5) is 15.8. The normalized spacial score (nSPS) is 12.2. The van der Waals surface area contributed by atoms with Gasteiger partial charge in [0.15, 0.2) is 9.84 Å². The molecule has 0 radical (unpaired) electrons. The number of alkyl halides is 3. The maximum atomic E-state index is 14.1. The Morgan fingerprint density at radius 1 is 1.14 bits per heavy atom. The highest BCUT2D eigenvalue weighted by Crippen LogP contribution is 2.47. The van der Waals surface area contributed by atoms with Crippen molar-refractivity contribution < 1.29 is 44.6 Å². The number of carboxylic acids is 1. The first kappa shape index (κ1) is 29.9. The third-order valence-electron chi connectivity index (χ3n) is 5.02. The number of hydrogen-bond donors (Lipinski definition) is 1. The van der Waals surface area contributed by atoms with Crippen LogP contribution >= 0.6 is 11.6 Å². The molecule has 0 fully saturated rings. The summed E-state index contributed by atoms with van der Waals surface area (Å²) in [5.41, 5.74) is -2.49. The van der Waals surface area contributed by atoms with Crippen LogP contribution in [0, 0.1) is 6.92 Å². The third-order valence-corrected chi connectivity index (χ3v) is 6.63. The number of halogens is 4. The van der Waals surface area contributed by atoms with Crippen LogP contribution in [0.1, 0.15) is 43.6 Å². The molecule has 3 rings (SSSR count). The summed E-state index contributed by atoms with van der Waals surface area (Å²) in [5.74, 6) is -2.05. The quantitative estimate of drug-likeness (QED) is 0.424. The summed E-state index contributed by atoms with van der Waals surface area (Å²) >= 11 is 5.46. The van der Waals surface area contributed by atoms with Gasteiger partial charge in [0.25, 0.3) is 0 Å². The molecule has 0 amide bonds. The van der Waals surface area contributed by atoms with Crippen LogP contribution < -0.4 is 4.74 Å². The van der Waals surface area contributed by atoms with Gasteiger partial charge in [0.2, 0.25) is 0 Å². The maximum absolute atomic E-state index is 14.1. The molecule has 0 spiro atoms. The standard InChI is InChI=1S/C23H19ClF3NO5S.O2S/c1-13-10-11-28-19(17(13)22(29)30)21(34(2,31)32)18-15(23(25,26)27)8-9-16(24)20(18)33-12-14-6-4-3-5-7-14;1-3-2/h3-11,21H,12H2,1-2H3,(H,29,30);. The average molecular weight is 578 g/mol. The van der Waals surface area contributed by atoms with E-state index in [1.807, 2.05) is 0 Å². The van der Waals surface area contributed by atoms with Crippen LogP contribution in [0.5, 0.6) is 5.75 Å². The van der Waals surface area contributed by atoms with Crippen LogP contribution in [0.2, 0.25) is 5.02 Å². The van der Waals surface area contributed by atoms with Gasteiger partial charge < -0.3 is 9.84 Å². The lowest BCUT2D eigenvalue weighted by molar-refractivity contribution is -0.138. The molecule has 1 N–H and O–H groups in total. The Labute approximate surface area is 218 Å². The van der Waals surface area contributed by atoms with Crippen molar-refractivity contribution in [2.75, 3.05) is 6.26 Å². The number of carbonyl (C=O) groups is 1. The van der Waals surface area contributed by atoms with Crippen LogP contribution in [0.25, 0.3) is 0 Å². The minimum atomic E-state index is -5.00. The van der Waals surface area contributed by atoms with Gasteiger partial charge in [0.1, 0.15) is 17.6 Å². The Bertz CT molecular complexity index is 1430. The van der Waals surface area contributed by atoms with Crippen molar-refractivity contribution in [1.82, 2.24) is 4.98 Å². The van der Waals surface area contributed by atoms with Gasteiger partial charge >= 0.3 is 23.7 Å².